The summed E-state index contributed by atoms with van der Waals surface area (Å²) in [5.74, 6) is 0.0250. The molecule has 1 unspecified atom stereocenters. The zero-order valence-electron chi connectivity index (χ0n) is 17.5. The summed E-state index contributed by atoms with van der Waals surface area (Å²) in [5, 5.41) is 3.24. The van der Waals surface area contributed by atoms with Gasteiger partial charge >= 0.3 is 0 Å². The van der Waals surface area contributed by atoms with Gasteiger partial charge in [0.15, 0.2) is 0 Å². The zero-order chi connectivity index (χ0) is 20.4. The number of halogens is 1. The van der Waals surface area contributed by atoms with Crippen molar-refractivity contribution in [1.29, 1.82) is 0 Å². The summed E-state index contributed by atoms with van der Waals surface area (Å²) in [6.45, 7) is 5.12. The van der Waals surface area contributed by atoms with E-state index in [1.54, 1.807) is 12.1 Å². The number of piperidine rings is 1. The lowest BCUT2D eigenvalue weighted by Gasteiger charge is -2.44. The van der Waals surface area contributed by atoms with Crippen LogP contribution in [-0.2, 0) is 10.2 Å². The second-order valence-corrected chi connectivity index (χ2v) is 8.95. The molecule has 0 bridgehead atoms. The number of hydrogen-bond donors (Lipinski definition) is 1. The minimum atomic E-state index is -0.264. The molecule has 1 heterocycles. The van der Waals surface area contributed by atoms with E-state index in [-0.39, 0.29) is 17.1 Å². The largest absolute Gasteiger partial charge is 0.353 e. The fraction of sp³-hybridized carbons (Fsp3) is 0.480. The van der Waals surface area contributed by atoms with Gasteiger partial charge in [-0.05, 0) is 55.5 Å². The molecule has 1 saturated carbocycles. The fourth-order valence-electron chi connectivity index (χ4n) is 5.16. The van der Waals surface area contributed by atoms with Gasteiger partial charge in [-0.2, -0.15) is 0 Å². The topological polar surface area (TPSA) is 32.3 Å². The highest BCUT2D eigenvalue weighted by Gasteiger charge is 2.40. The van der Waals surface area contributed by atoms with Crippen molar-refractivity contribution in [2.75, 3.05) is 11.9 Å². The minimum absolute atomic E-state index is 0.181. The van der Waals surface area contributed by atoms with Crippen molar-refractivity contribution in [3.8, 4) is 0 Å². The predicted molar refractivity (Wildman–Crippen MR) is 116 cm³/mol. The molecule has 1 aliphatic heterocycles. The van der Waals surface area contributed by atoms with Crippen molar-refractivity contribution in [2.24, 2.45) is 0 Å². The predicted octanol–water partition coefficient (Wildman–Crippen LogP) is 6.09. The van der Waals surface area contributed by atoms with Crippen LogP contribution in [0.3, 0.4) is 0 Å². The SMILES string of the molecule is Cc1c(Nc2ccccc2F)cccc1C1(C)CCN(C2CCCCC2)C(=O)C1. The number of rotatable bonds is 4. The first-order valence-electron chi connectivity index (χ1n) is 10.9. The zero-order valence-corrected chi connectivity index (χ0v) is 17.5. The highest BCUT2D eigenvalue weighted by Crippen LogP contribution is 2.41. The summed E-state index contributed by atoms with van der Waals surface area (Å²) in [4.78, 5) is 15.2. The molecule has 0 spiro atoms. The average molecular weight is 395 g/mol. The maximum atomic E-state index is 14.1. The van der Waals surface area contributed by atoms with E-state index in [0.29, 0.717) is 18.2 Å². The second-order valence-electron chi connectivity index (χ2n) is 8.95. The quantitative estimate of drug-likeness (QED) is 0.680. The normalized spacial score (nSPS) is 23.3. The van der Waals surface area contributed by atoms with Crippen LogP contribution in [0.1, 0.15) is 63.0 Å². The third-order valence-corrected chi connectivity index (χ3v) is 6.91. The van der Waals surface area contributed by atoms with E-state index < -0.39 is 0 Å². The van der Waals surface area contributed by atoms with E-state index in [4.69, 9.17) is 0 Å². The summed E-state index contributed by atoms with van der Waals surface area (Å²) in [6, 6.07) is 13.3. The summed E-state index contributed by atoms with van der Waals surface area (Å²) >= 11 is 0. The molecular formula is C25H31FN2O. The number of nitrogens with one attached hydrogen (secondary N) is 1. The molecule has 2 aromatic carbocycles. The van der Waals surface area contributed by atoms with Gasteiger partial charge in [-0.1, -0.05) is 50.5 Å². The molecule has 1 aliphatic carbocycles. The summed E-state index contributed by atoms with van der Waals surface area (Å²) in [7, 11) is 0. The molecule has 2 fully saturated rings. The lowest BCUT2D eigenvalue weighted by atomic mass is 9.72. The van der Waals surface area contributed by atoms with E-state index >= 15 is 0 Å². The molecule has 1 N–H and O–H groups in total. The molecule has 4 rings (SSSR count). The number of anilines is 2. The van der Waals surface area contributed by atoms with E-state index in [1.165, 1.54) is 30.9 Å². The Kier molecular flexibility index (Phi) is 5.62. The fourth-order valence-corrected chi connectivity index (χ4v) is 5.16. The van der Waals surface area contributed by atoms with E-state index in [9.17, 15) is 9.18 Å². The van der Waals surface area contributed by atoms with Crippen molar-refractivity contribution in [2.45, 2.75) is 70.3 Å². The molecular weight excluding hydrogens is 363 g/mol. The molecule has 2 aliphatic rings. The Balaban J connectivity index is 1.55. The number of para-hydroxylation sites is 1. The Morgan fingerprint density at radius 2 is 1.76 bits per heavy atom. The molecule has 2 aromatic rings. The number of likely N-dealkylation sites (tertiary alicyclic amines) is 1. The second kappa shape index (κ2) is 8.17. The summed E-state index contributed by atoms with van der Waals surface area (Å²) in [5.41, 5.74) is 3.48. The molecule has 0 radical (unpaired) electrons. The number of hydrogen-bond acceptors (Lipinski definition) is 2. The van der Waals surface area contributed by atoms with Gasteiger partial charge in [-0.3, -0.25) is 4.79 Å². The Bertz CT molecular complexity index is 890. The smallest absolute Gasteiger partial charge is 0.223 e. The van der Waals surface area contributed by atoms with Crippen LogP contribution in [-0.4, -0.2) is 23.4 Å². The number of amides is 1. The monoisotopic (exact) mass is 394 g/mol. The number of carbonyl (C=O) groups excluding carboxylic acids is 1. The van der Waals surface area contributed by atoms with Gasteiger partial charge in [0, 0.05) is 30.1 Å². The van der Waals surface area contributed by atoms with Crippen molar-refractivity contribution in [3.63, 3.8) is 0 Å². The lowest BCUT2D eigenvalue weighted by Crippen LogP contribution is -2.50. The van der Waals surface area contributed by atoms with Crippen LogP contribution in [0.5, 0.6) is 0 Å². The molecule has 0 aromatic heterocycles. The number of carbonyl (C=O) groups is 1. The van der Waals surface area contributed by atoms with Crippen molar-refractivity contribution in [3.05, 3.63) is 59.4 Å². The highest BCUT2D eigenvalue weighted by molar-refractivity contribution is 5.80. The van der Waals surface area contributed by atoms with Crippen LogP contribution in [0.4, 0.5) is 15.8 Å². The summed E-state index contributed by atoms with van der Waals surface area (Å²) < 4.78 is 14.1. The van der Waals surface area contributed by atoms with Crippen LogP contribution in [0.15, 0.2) is 42.5 Å². The van der Waals surface area contributed by atoms with Crippen LogP contribution < -0.4 is 5.32 Å². The third-order valence-electron chi connectivity index (χ3n) is 6.91. The maximum absolute atomic E-state index is 14.1. The average Bonchev–Trinajstić information content (AvgIpc) is 2.72. The molecule has 154 valence electrons. The standard InChI is InChI=1S/C25H31FN2O/c1-18-20(11-8-14-22(18)27-23-13-7-6-12-21(23)26)25(2)15-16-28(24(29)17-25)19-9-4-3-5-10-19/h6-8,11-14,19,27H,3-5,9-10,15-17H2,1-2H3. The first kappa shape index (κ1) is 19.9. The molecule has 1 amide bonds. The number of benzene rings is 2. The van der Waals surface area contributed by atoms with E-state index in [2.05, 4.69) is 30.1 Å². The van der Waals surface area contributed by atoms with Crippen molar-refractivity contribution >= 4 is 17.3 Å². The first-order chi connectivity index (χ1) is 14.0. The van der Waals surface area contributed by atoms with Gasteiger partial charge in [0.1, 0.15) is 5.82 Å². The van der Waals surface area contributed by atoms with Crippen LogP contribution >= 0.6 is 0 Å². The van der Waals surface area contributed by atoms with Gasteiger partial charge in [0.2, 0.25) is 5.91 Å². The van der Waals surface area contributed by atoms with E-state index in [0.717, 1.165) is 37.1 Å². The Morgan fingerprint density at radius 3 is 2.48 bits per heavy atom. The maximum Gasteiger partial charge on any atom is 0.223 e. The van der Waals surface area contributed by atoms with E-state index in [1.807, 2.05) is 18.2 Å². The first-order valence-corrected chi connectivity index (χ1v) is 10.9. The Labute approximate surface area is 173 Å². The molecule has 1 saturated heterocycles. The third kappa shape index (κ3) is 4.03. The van der Waals surface area contributed by atoms with Gasteiger partial charge < -0.3 is 10.2 Å². The van der Waals surface area contributed by atoms with Gasteiger partial charge in [-0.25, -0.2) is 4.39 Å². The van der Waals surface area contributed by atoms with Gasteiger partial charge in [0.25, 0.3) is 0 Å². The van der Waals surface area contributed by atoms with Gasteiger partial charge in [-0.15, -0.1) is 0 Å². The minimum Gasteiger partial charge on any atom is -0.353 e. The Morgan fingerprint density at radius 1 is 1.03 bits per heavy atom. The highest BCUT2D eigenvalue weighted by atomic mass is 19.1. The molecule has 3 nitrogen and oxygen atoms in total. The van der Waals surface area contributed by atoms with Crippen molar-refractivity contribution < 1.29 is 9.18 Å². The van der Waals surface area contributed by atoms with Gasteiger partial charge in [0.05, 0.1) is 5.69 Å². The number of nitrogens with zero attached hydrogens (tertiary/aromatic N) is 1. The van der Waals surface area contributed by atoms with Crippen LogP contribution in [0, 0.1) is 12.7 Å². The summed E-state index contributed by atoms with van der Waals surface area (Å²) in [6.07, 6.45) is 7.63. The molecule has 1 atom stereocenters. The van der Waals surface area contributed by atoms with Crippen molar-refractivity contribution in [1.82, 2.24) is 4.90 Å². The molecule has 4 heteroatoms. The lowest BCUT2D eigenvalue weighted by molar-refractivity contribution is -0.139. The Hall–Kier alpha value is -2.36. The molecule has 29 heavy (non-hydrogen) atoms. The van der Waals surface area contributed by atoms with Crippen LogP contribution in [0.25, 0.3) is 0 Å². The van der Waals surface area contributed by atoms with Crippen LogP contribution in [0.2, 0.25) is 0 Å².